The Bertz CT molecular complexity index is 1090. The van der Waals surface area contributed by atoms with Crippen molar-refractivity contribution in [1.29, 1.82) is 0 Å². The van der Waals surface area contributed by atoms with Crippen LogP contribution in [0.5, 0.6) is 5.75 Å². The second kappa shape index (κ2) is 7.33. The van der Waals surface area contributed by atoms with Crippen LogP contribution < -0.4 is 4.74 Å². The standard InChI is InChI=1S/C22H18N2O3/c1-26-22(25)20-12-17(10-18-13-23-24-21(18)20)16-8-5-9-19(11-16)27-14-15-6-3-2-4-7-15/h2-13H,14H2,1H3,(H,23,24). The zero-order chi connectivity index (χ0) is 18.6. The Morgan fingerprint density at radius 3 is 2.67 bits per heavy atom. The first-order chi connectivity index (χ1) is 13.2. The number of rotatable bonds is 5. The number of carbonyl (C=O) groups excluding carboxylic acids is 1. The maximum absolute atomic E-state index is 12.1. The van der Waals surface area contributed by atoms with Crippen LogP contribution in [-0.2, 0) is 11.3 Å². The minimum Gasteiger partial charge on any atom is -0.489 e. The molecular weight excluding hydrogens is 340 g/mol. The van der Waals surface area contributed by atoms with Crippen LogP contribution in [0.15, 0.2) is 72.9 Å². The van der Waals surface area contributed by atoms with Gasteiger partial charge in [-0.3, -0.25) is 5.10 Å². The summed E-state index contributed by atoms with van der Waals surface area (Å²) in [5, 5.41) is 7.74. The number of nitrogens with zero attached hydrogens (tertiary/aromatic N) is 1. The Kier molecular flexibility index (Phi) is 4.58. The van der Waals surface area contributed by atoms with Gasteiger partial charge in [-0.1, -0.05) is 42.5 Å². The normalized spacial score (nSPS) is 10.7. The number of ether oxygens (including phenoxy) is 2. The number of H-pyrrole nitrogens is 1. The number of esters is 1. The molecule has 4 aromatic rings. The number of hydrogen-bond acceptors (Lipinski definition) is 4. The number of nitrogens with one attached hydrogen (secondary N) is 1. The molecule has 1 N–H and O–H groups in total. The minimum absolute atomic E-state index is 0.400. The predicted molar refractivity (Wildman–Crippen MR) is 104 cm³/mol. The van der Waals surface area contributed by atoms with Crippen molar-refractivity contribution < 1.29 is 14.3 Å². The summed E-state index contributed by atoms with van der Waals surface area (Å²) in [6.45, 7) is 0.498. The highest BCUT2D eigenvalue weighted by Crippen LogP contribution is 2.29. The van der Waals surface area contributed by atoms with Crippen LogP contribution in [0.1, 0.15) is 15.9 Å². The van der Waals surface area contributed by atoms with Crippen LogP contribution in [-0.4, -0.2) is 23.3 Å². The van der Waals surface area contributed by atoms with Gasteiger partial charge in [0.25, 0.3) is 0 Å². The summed E-state index contributed by atoms with van der Waals surface area (Å²) >= 11 is 0. The van der Waals surface area contributed by atoms with E-state index < -0.39 is 5.97 Å². The summed E-state index contributed by atoms with van der Waals surface area (Å²) < 4.78 is 10.8. The van der Waals surface area contributed by atoms with Crippen molar-refractivity contribution >= 4 is 16.9 Å². The Morgan fingerprint density at radius 2 is 1.85 bits per heavy atom. The molecule has 5 heteroatoms. The number of methoxy groups -OCH3 is 1. The lowest BCUT2D eigenvalue weighted by Gasteiger charge is -2.10. The Labute approximate surface area is 156 Å². The maximum atomic E-state index is 12.1. The van der Waals surface area contributed by atoms with Crippen molar-refractivity contribution in [2.45, 2.75) is 6.61 Å². The summed E-state index contributed by atoms with van der Waals surface area (Å²) in [7, 11) is 1.37. The molecule has 0 fully saturated rings. The SMILES string of the molecule is COC(=O)c1cc(-c2cccc(OCc3ccccc3)c2)cc2cn[nH]c12. The van der Waals surface area contributed by atoms with Crippen molar-refractivity contribution in [2.75, 3.05) is 7.11 Å². The summed E-state index contributed by atoms with van der Waals surface area (Å²) in [6, 6.07) is 21.6. The van der Waals surface area contributed by atoms with E-state index in [0.717, 1.165) is 27.8 Å². The van der Waals surface area contributed by atoms with E-state index in [1.807, 2.05) is 66.7 Å². The lowest BCUT2D eigenvalue weighted by atomic mass is 10.0. The number of aromatic nitrogens is 2. The highest BCUT2D eigenvalue weighted by Gasteiger charge is 2.14. The zero-order valence-corrected chi connectivity index (χ0v) is 14.8. The van der Waals surface area contributed by atoms with E-state index in [4.69, 9.17) is 9.47 Å². The monoisotopic (exact) mass is 358 g/mol. The third kappa shape index (κ3) is 3.53. The fourth-order valence-corrected chi connectivity index (χ4v) is 3.00. The quantitative estimate of drug-likeness (QED) is 0.530. The van der Waals surface area contributed by atoms with E-state index in [2.05, 4.69) is 10.2 Å². The molecule has 0 saturated heterocycles. The first kappa shape index (κ1) is 16.8. The van der Waals surface area contributed by atoms with Crippen molar-refractivity contribution in [1.82, 2.24) is 10.2 Å². The molecule has 0 aliphatic carbocycles. The lowest BCUT2D eigenvalue weighted by molar-refractivity contribution is 0.0603. The fraction of sp³-hybridized carbons (Fsp3) is 0.0909. The molecule has 0 unspecified atom stereocenters. The van der Waals surface area contributed by atoms with Crippen LogP contribution in [0, 0.1) is 0 Å². The van der Waals surface area contributed by atoms with Gasteiger partial charge in [0.1, 0.15) is 12.4 Å². The molecule has 4 rings (SSSR count). The second-order valence-corrected chi connectivity index (χ2v) is 6.15. The predicted octanol–water partition coefficient (Wildman–Crippen LogP) is 4.60. The zero-order valence-electron chi connectivity index (χ0n) is 14.8. The van der Waals surface area contributed by atoms with Crippen LogP contribution in [0.2, 0.25) is 0 Å². The van der Waals surface area contributed by atoms with E-state index in [-0.39, 0.29) is 0 Å². The van der Waals surface area contributed by atoms with Crippen LogP contribution in [0.25, 0.3) is 22.0 Å². The summed E-state index contributed by atoms with van der Waals surface area (Å²) in [6.07, 6.45) is 1.70. The van der Waals surface area contributed by atoms with E-state index in [0.29, 0.717) is 17.7 Å². The topological polar surface area (TPSA) is 64.2 Å². The van der Waals surface area contributed by atoms with Gasteiger partial charge in [0.15, 0.2) is 0 Å². The van der Waals surface area contributed by atoms with E-state index in [1.165, 1.54) is 7.11 Å². The minimum atomic E-state index is -0.400. The molecular formula is C22H18N2O3. The second-order valence-electron chi connectivity index (χ2n) is 6.15. The molecule has 0 aliphatic rings. The van der Waals surface area contributed by atoms with Gasteiger partial charge < -0.3 is 9.47 Å². The Morgan fingerprint density at radius 1 is 1.00 bits per heavy atom. The Balaban J connectivity index is 1.66. The van der Waals surface area contributed by atoms with Gasteiger partial charge in [-0.15, -0.1) is 0 Å². The van der Waals surface area contributed by atoms with Gasteiger partial charge in [-0.2, -0.15) is 5.10 Å². The molecule has 0 atom stereocenters. The summed E-state index contributed by atoms with van der Waals surface area (Å²) in [5.74, 6) is 0.367. The summed E-state index contributed by atoms with van der Waals surface area (Å²) in [4.78, 5) is 12.1. The van der Waals surface area contributed by atoms with Crippen molar-refractivity contribution in [2.24, 2.45) is 0 Å². The molecule has 1 aromatic heterocycles. The molecule has 0 bridgehead atoms. The maximum Gasteiger partial charge on any atom is 0.340 e. The van der Waals surface area contributed by atoms with E-state index in [9.17, 15) is 4.79 Å². The molecule has 0 radical (unpaired) electrons. The highest BCUT2D eigenvalue weighted by molar-refractivity contribution is 6.04. The van der Waals surface area contributed by atoms with Crippen LogP contribution >= 0.6 is 0 Å². The number of aromatic amines is 1. The molecule has 0 saturated carbocycles. The van der Waals surface area contributed by atoms with Gasteiger partial charge in [-0.25, -0.2) is 4.79 Å². The lowest BCUT2D eigenvalue weighted by Crippen LogP contribution is -2.02. The van der Waals surface area contributed by atoms with E-state index in [1.54, 1.807) is 6.20 Å². The number of fused-ring (bicyclic) bond motifs is 1. The van der Waals surface area contributed by atoms with Crippen molar-refractivity contribution in [3.63, 3.8) is 0 Å². The number of benzene rings is 3. The molecule has 1 heterocycles. The molecule has 3 aromatic carbocycles. The average molecular weight is 358 g/mol. The highest BCUT2D eigenvalue weighted by atomic mass is 16.5. The van der Waals surface area contributed by atoms with Crippen LogP contribution in [0.3, 0.4) is 0 Å². The molecule has 0 spiro atoms. The molecule has 134 valence electrons. The smallest absolute Gasteiger partial charge is 0.340 e. The first-order valence-corrected chi connectivity index (χ1v) is 8.57. The molecule has 5 nitrogen and oxygen atoms in total. The number of hydrogen-bond donors (Lipinski definition) is 1. The van der Waals surface area contributed by atoms with E-state index >= 15 is 0 Å². The van der Waals surface area contributed by atoms with Crippen molar-refractivity contribution in [3.8, 4) is 16.9 Å². The first-order valence-electron chi connectivity index (χ1n) is 8.57. The third-order valence-corrected chi connectivity index (χ3v) is 4.37. The van der Waals surface area contributed by atoms with Crippen LogP contribution in [0.4, 0.5) is 0 Å². The van der Waals surface area contributed by atoms with Gasteiger partial charge >= 0.3 is 5.97 Å². The molecule has 0 aliphatic heterocycles. The molecule has 27 heavy (non-hydrogen) atoms. The third-order valence-electron chi connectivity index (χ3n) is 4.37. The van der Waals surface area contributed by atoms with Gasteiger partial charge in [0.05, 0.1) is 24.4 Å². The van der Waals surface area contributed by atoms with Gasteiger partial charge in [-0.05, 0) is 41.0 Å². The van der Waals surface area contributed by atoms with Gasteiger partial charge in [0, 0.05) is 5.39 Å². The average Bonchev–Trinajstić information content (AvgIpc) is 3.20. The van der Waals surface area contributed by atoms with Crippen molar-refractivity contribution in [3.05, 3.63) is 84.1 Å². The number of carbonyl (C=O) groups is 1. The summed E-state index contributed by atoms with van der Waals surface area (Å²) in [5.41, 5.74) is 4.08. The molecule has 0 amide bonds. The fourth-order valence-electron chi connectivity index (χ4n) is 3.00. The largest absolute Gasteiger partial charge is 0.489 e. The Hall–Kier alpha value is -3.60. The van der Waals surface area contributed by atoms with Gasteiger partial charge in [0.2, 0.25) is 0 Å².